The van der Waals surface area contributed by atoms with E-state index in [0.717, 1.165) is 0 Å². The Hall–Kier alpha value is -0.980. The molecule has 0 aliphatic carbocycles. The largest absolute Gasteiger partial charge is 0.462 e. The first-order valence-corrected chi connectivity index (χ1v) is 9.79. The van der Waals surface area contributed by atoms with Crippen LogP contribution < -0.4 is 0 Å². The average molecular weight is 373 g/mol. The van der Waals surface area contributed by atoms with Gasteiger partial charge in [-0.15, -0.1) is 0 Å². The van der Waals surface area contributed by atoms with E-state index in [-0.39, 0.29) is 24.0 Å². The molecule has 6 heteroatoms. The first-order chi connectivity index (χ1) is 12.0. The number of hydrogen-bond acceptors (Lipinski definition) is 6. The molecule has 1 aliphatic heterocycles. The molecule has 1 rings (SSSR count). The van der Waals surface area contributed by atoms with Crippen molar-refractivity contribution in [3.63, 3.8) is 0 Å². The molecule has 1 saturated heterocycles. The summed E-state index contributed by atoms with van der Waals surface area (Å²) >= 11 is 0. The quantitative estimate of drug-likeness (QED) is 0.608. The SMILES string of the molecule is CCC1C[C@H](O)[C@@H](C)C(=O)[C@H](C)CC(C)[C@H](O)[C@@H](C)[C@H](O)[C@@H](C)C(=O)O1. The molecule has 0 aromatic carbocycles. The second-order valence-electron chi connectivity index (χ2n) is 8.20. The standard InChI is InChI=1S/C20H36O6/c1-7-15-9-16(21)12(4)17(22)10(2)8-11(3)18(23)13(5)19(24)14(6)20(25)26-15/h10-16,18-19,21,23-24H,7-9H2,1-6H3/t10-,11?,12-,13-,14-,15?,16+,18+,19+/m1/s1. The molecule has 0 spiro atoms. The lowest BCUT2D eigenvalue weighted by atomic mass is 9.78. The molecule has 1 heterocycles. The molecule has 9 atom stereocenters. The van der Waals surface area contributed by atoms with Gasteiger partial charge >= 0.3 is 5.97 Å². The maximum atomic E-state index is 12.6. The van der Waals surface area contributed by atoms with Crippen LogP contribution in [0.5, 0.6) is 0 Å². The van der Waals surface area contributed by atoms with Crippen LogP contribution in [-0.4, -0.2) is 51.5 Å². The fourth-order valence-electron chi connectivity index (χ4n) is 3.81. The molecule has 1 aliphatic rings. The number of carbonyl (C=O) groups excluding carboxylic acids is 2. The van der Waals surface area contributed by atoms with E-state index in [4.69, 9.17) is 4.74 Å². The predicted molar refractivity (Wildman–Crippen MR) is 98.3 cm³/mol. The van der Waals surface area contributed by atoms with Crippen LogP contribution in [0.15, 0.2) is 0 Å². The predicted octanol–water partition coefficient (Wildman–Crippen LogP) is 1.93. The molecule has 0 bridgehead atoms. The van der Waals surface area contributed by atoms with Crippen LogP contribution >= 0.6 is 0 Å². The van der Waals surface area contributed by atoms with Crippen LogP contribution in [0.25, 0.3) is 0 Å². The third kappa shape index (κ3) is 5.51. The maximum absolute atomic E-state index is 12.6. The van der Waals surface area contributed by atoms with E-state index in [0.29, 0.717) is 12.8 Å². The van der Waals surface area contributed by atoms with Crippen molar-refractivity contribution in [1.29, 1.82) is 0 Å². The summed E-state index contributed by atoms with van der Waals surface area (Å²) in [4.78, 5) is 25.0. The second kappa shape index (κ2) is 9.81. The third-order valence-electron chi connectivity index (χ3n) is 6.02. The van der Waals surface area contributed by atoms with Crippen molar-refractivity contribution >= 4 is 11.8 Å². The third-order valence-corrected chi connectivity index (χ3v) is 6.02. The van der Waals surface area contributed by atoms with E-state index in [1.807, 2.05) is 20.8 Å². The van der Waals surface area contributed by atoms with Gasteiger partial charge in [0, 0.05) is 24.2 Å². The van der Waals surface area contributed by atoms with Gasteiger partial charge in [-0.05, 0) is 25.7 Å². The summed E-state index contributed by atoms with van der Waals surface area (Å²) in [5, 5.41) is 31.5. The number of esters is 1. The number of aliphatic hydroxyl groups excluding tert-OH is 3. The molecular weight excluding hydrogens is 336 g/mol. The van der Waals surface area contributed by atoms with Gasteiger partial charge in [0.2, 0.25) is 0 Å². The molecular formula is C20H36O6. The zero-order valence-corrected chi connectivity index (χ0v) is 16.9. The van der Waals surface area contributed by atoms with Crippen molar-refractivity contribution in [2.45, 2.75) is 85.2 Å². The zero-order chi connectivity index (χ0) is 20.2. The molecule has 0 aromatic heterocycles. The van der Waals surface area contributed by atoms with Gasteiger partial charge in [0.1, 0.15) is 11.9 Å². The Labute approximate surface area is 156 Å². The van der Waals surface area contributed by atoms with Crippen molar-refractivity contribution in [2.24, 2.45) is 29.6 Å². The van der Waals surface area contributed by atoms with Crippen molar-refractivity contribution in [1.82, 2.24) is 0 Å². The first kappa shape index (κ1) is 23.1. The van der Waals surface area contributed by atoms with Gasteiger partial charge in [-0.25, -0.2) is 0 Å². The van der Waals surface area contributed by atoms with Crippen LogP contribution in [0.3, 0.4) is 0 Å². The highest BCUT2D eigenvalue weighted by Gasteiger charge is 2.37. The van der Waals surface area contributed by atoms with E-state index < -0.39 is 48.1 Å². The minimum Gasteiger partial charge on any atom is -0.462 e. The van der Waals surface area contributed by atoms with Crippen LogP contribution in [0.2, 0.25) is 0 Å². The van der Waals surface area contributed by atoms with Gasteiger partial charge in [0.05, 0.1) is 24.2 Å². The molecule has 0 radical (unpaired) electrons. The van der Waals surface area contributed by atoms with E-state index in [2.05, 4.69) is 0 Å². The summed E-state index contributed by atoms with van der Waals surface area (Å²) in [7, 11) is 0. The normalized spacial score (nSPS) is 44.3. The summed E-state index contributed by atoms with van der Waals surface area (Å²) < 4.78 is 5.47. The number of ether oxygens (including phenoxy) is 1. The van der Waals surface area contributed by atoms with E-state index in [1.165, 1.54) is 0 Å². The number of ketones is 1. The molecule has 152 valence electrons. The number of Topliss-reactive ketones (excluding diaryl/α,β-unsaturated/α-hetero) is 1. The Morgan fingerprint density at radius 1 is 0.923 bits per heavy atom. The molecule has 1 fully saturated rings. The Balaban J connectivity index is 3.13. The molecule has 0 amide bonds. The lowest BCUT2D eigenvalue weighted by Gasteiger charge is -2.34. The van der Waals surface area contributed by atoms with Gasteiger partial charge in [-0.2, -0.15) is 0 Å². The topological polar surface area (TPSA) is 104 Å². The van der Waals surface area contributed by atoms with Gasteiger partial charge < -0.3 is 20.1 Å². The van der Waals surface area contributed by atoms with Crippen molar-refractivity contribution < 1.29 is 29.6 Å². The Morgan fingerprint density at radius 2 is 1.50 bits per heavy atom. The molecule has 0 aromatic rings. The van der Waals surface area contributed by atoms with E-state index in [1.54, 1.807) is 20.8 Å². The summed E-state index contributed by atoms with van der Waals surface area (Å²) in [5.41, 5.74) is 0. The highest BCUT2D eigenvalue weighted by atomic mass is 16.5. The lowest BCUT2D eigenvalue weighted by Crippen LogP contribution is -2.43. The Bertz CT molecular complexity index is 479. The highest BCUT2D eigenvalue weighted by Crippen LogP contribution is 2.29. The number of hydrogen-bond donors (Lipinski definition) is 3. The van der Waals surface area contributed by atoms with Crippen molar-refractivity contribution in [3.05, 3.63) is 0 Å². The molecule has 0 saturated carbocycles. The molecule has 2 unspecified atom stereocenters. The van der Waals surface area contributed by atoms with Gasteiger partial charge in [-0.1, -0.05) is 34.6 Å². The fourth-order valence-corrected chi connectivity index (χ4v) is 3.81. The number of cyclic esters (lactones) is 1. The van der Waals surface area contributed by atoms with Crippen LogP contribution in [0.1, 0.15) is 60.8 Å². The Morgan fingerprint density at radius 3 is 2.04 bits per heavy atom. The van der Waals surface area contributed by atoms with Crippen LogP contribution in [0.4, 0.5) is 0 Å². The lowest BCUT2D eigenvalue weighted by molar-refractivity contribution is -0.162. The highest BCUT2D eigenvalue weighted by molar-refractivity contribution is 5.83. The first-order valence-electron chi connectivity index (χ1n) is 9.79. The summed E-state index contributed by atoms with van der Waals surface area (Å²) in [6.07, 6.45) is -2.14. The maximum Gasteiger partial charge on any atom is 0.311 e. The van der Waals surface area contributed by atoms with E-state index >= 15 is 0 Å². The van der Waals surface area contributed by atoms with Crippen LogP contribution in [0, 0.1) is 29.6 Å². The van der Waals surface area contributed by atoms with E-state index in [9.17, 15) is 24.9 Å². The summed E-state index contributed by atoms with van der Waals surface area (Å²) in [6, 6.07) is 0. The minimum atomic E-state index is -1.05. The van der Waals surface area contributed by atoms with Gasteiger partial charge in [-0.3, -0.25) is 9.59 Å². The number of carbonyl (C=O) groups is 2. The van der Waals surface area contributed by atoms with Gasteiger partial charge in [0.15, 0.2) is 0 Å². The summed E-state index contributed by atoms with van der Waals surface area (Å²) in [6.45, 7) is 10.5. The average Bonchev–Trinajstić information content (AvgIpc) is 2.62. The molecule has 26 heavy (non-hydrogen) atoms. The van der Waals surface area contributed by atoms with Crippen molar-refractivity contribution in [3.8, 4) is 0 Å². The smallest absolute Gasteiger partial charge is 0.311 e. The summed E-state index contributed by atoms with van der Waals surface area (Å²) in [5.74, 6) is -3.01. The Kier molecular flexibility index (Phi) is 8.70. The van der Waals surface area contributed by atoms with Gasteiger partial charge in [0.25, 0.3) is 0 Å². The minimum absolute atomic E-state index is 0.0589. The zero-order valence-electron chi connectivity index (χ0n) is 16.9. The second-order valence-corrected chi connectivity index (χ2v) is 8.20. The monoisotopic (exact) mass is 372 g/mol. The fraction of sp³-hybridized carbons (Fsp3) is 0.900. The van der Waals surface area contributed by atoms with Crippen molar-refractivity contribution in [2.75, 3.05) is 0 Å². The molecule has 6 nitrogen and oxygen atoms in total. The number of rotatable bonds is 1. The van der Waals surface area contributed by atoms with Crippen LogP contribution in [-0.2, 0) is 14.3 Å². The molecule has 3 N–H and O–H groups in total. The number of aliphatic hydroxyl groups is 3.